The predicted molar refractivity (Wildman–Crippen MR) is 60.0 cm³/mol. The van der Waals surface area contributed by atoms with E-state index in [0.717, 1.165) is 24.8 Å². The van der Waals surface area contributed by atoms with Crippen LogP contribution in [-0.4, -0.2) is 15.8 Å². The van der Waals surface area contributed by atoms with Gasteiger partial charge < -0.3 is 0 Å². The second-order valence-corrected chi connectivity index (χ2v) is 4.56. The molecular formula is C11H20N4. The predicted octanol–water partition coefficient (Wildman–Crippen LogP) is 0.933. The summed E-state index contributed by atoms with van der Waals surface area (Å²) < 4.78 is 1.96. The molecule has 1 aromatic heterocycles. The number of hydrogen-bond donors (Lipinski definition) is 2. The molecule has 1 heterocycles. The fourth-order valence-electron chi connectivity index (χ4n) is 2.18. The highest BCUT2D eigenvalue weighted by Crippen LogP contribution is 2.41. The third kappa shape index (κ3) is 2.38. The van der Waals surface area contributed by atoms with E-state index in [1.54, 1.807) is 0 Å². The van der Waals surface area contributed by atoms with Crippen LogP contribution in [0.4, 0.5) is 0 Å². The van der Waals surface area contributed by atoms with Gasteiger partial charge in [0.05, 0.1) is 6.20 Å². The number of nitrogens with one attached hydrogen (secondary N) is 1. The Morgan fingerprint density at radius 2 is 2.47 bits per heavy atom. The van der Waals surface area contributed by atoms with Crippen molar-refractivity contribution in [2.45, 2.75) is 39.3 Å². The molecular weight excluding hydrogens is 188 g/mol. The highest BCUT2D eigenvalue weighted by atomic mass is 15.3. The zero-order valence-electron chi connectivity index (χ0n) is 9.48. The van der Waals surface area contributed by atoms with Gasteiger partial charge in [0.2, 0.25) is 0 Å². The zero-order chi connectivity index (χ0) is 10.8. The van der Waals surface area contributed by atoms with E-state index in [-0.39, 0.29) is 0 Å². The van der Waals surface area contributed by atoms with Gasteiger partial charge in [0.1, 0.15) is 0 Å². The molecule has 0 radical (unpaired) electrons. The van der Waals surface area contributed by atoms with Gasteiger partial charge in [-0.25, -0.2) is 0 Å². The average Bonchev–Trinajstić information content (AvgIpc) is 2.81. The summed E-state index contributed by atoms with van der Waals surface area (Å²) in [6.45, 7) is 5.31. The molecule has 1 fully saturated rings. The van der Waals surface area contributed by atoms with Gasteiger partial charge in [-0.15, -0.1) is 0 Å². The van der Waals surface area contributed by atoms with Crippen LogP contribution in [0, 0.1) is 11.8 Å². The van der Waals surface area contributed by atoms with Crippen LogP contribution in [0.2, 0.25) is 0 Å². The van der Waals surface area contributed by atoms with E-state index in [4.69, 9.17) is 5.84 Å². The monoisotopic (exact) mass is 208 g/mol. The van der Waals surface area contributed by atoms with Gasteiger partial charge in [0.25, 0.3) is 0 Å². The molecule has 1 saturated carbocycles. The smallest absolute Gasteiger partial charge is 0.0522 e. The van der Waals surface area contributed by atoms with Crippen molar-refractivity contribution >= 4 is 0 Å². The summed E-state index contributed by atoms with van der Waals surface area (Å²) >= 11 is 0. The fraction of sp³-hybridized carbons (Fsp3) is 0.727. The van der Waals surface area contributed by atoms with Gasteiger partial charge in [-0.1, -0.05) is 6.92 Å². The first-order chi connectivity index (χ1) is 7.24. The van der Waals surface area contributed by atoms with Crippen molar-refractivity contribution in [1.82, 2.24) is 15.2 Å². The van der Waals surface area contributed by atoms with E-state index in [0.29, 0.717) is 6.04 Å². The lowest BCUT2D eigenvalue weighted by molar-refractivity contribution is 0.454. The van der Waals surface area contributed by atoms with Crippen molar-refractivity contribution in [2.24, 2.45) is 17.7 Å². The molecule has 2 rings (SSSR count). The van der Waals surface area contributed by atoms with Crippen molar-refractivity contribution < 1.29 is 0 Å². The molecule has 4 nitrogen and oxygen atoms in total. The Bertz CT molecular complexity index is 320. The second-order valence-electron chi connectivity index (χ2n) is 4.56. The summed E-state index contributed by atoms with van der Waals surface area (Å²) in [6.07, 6.45) is 6.35. The van der Waals surface area contributed by atoms with Crippen LogP contribution in [0.15, 0.2) is 12.4 Å². The average molecular weight is 208 g/mol. The highest BCUT2D eigenvalue weighted by Gasteiger charge is 2.38. The van der Waals surface area contributed by atoms with Crippen LogP contribution >= 0.6 is 0 Å². The maximum Gasteiger partial charge on any atom is 0.0522 e. The Morgan fingerprint density at radius 3 is 2.93 bits per heavy atom. The summed E-state index contributed by atoms with van der Waals surface area (Å²) in [5, 5.41) is 4.27. The van der Waals surface area contributed by atoms with Gasteiger partial charge in [-0.2, -0.15) is 5.10 Å². The molecule has 3 atom stereocenters. The SMILES string of the molecule is CCn1cc(CC(NN)C2CC2C)cn1. The molecule has 4 heteroatoms. The molecule has 1 aliphatic rings. The Balaban J connectivity index is 1.94. The first kappa shape index (κ1) is 10.6. The molecule has 0 aromatic carbocycles. The third-order valence-corrected chi connectivity index (χ3v) is 3.37. The molecule has 1 aromatic rings. The Morgan fingerprint density at radius 1 is 1.73 bits per heavy atom. The molecule has 0 bridgehead atoms. The van der Waals surface area contributed by atoms with E-state index in [9.17, 15) is 0 Å². The minimum absolute atomic E-state index is 0.412. The van der Waals surface area contributed by atoms with E-state index in [1.165, 1.54) is 12.0 Å². The van der Waals surface area contributed by atoms with Gasteiger partial charge in [0.15, 0.2) is 0 Å². The van der Waals surface area contributed by atoms with Gasteiger partial charge in [-0.05, 0) is 37.2 Å². The topological polar surface area (TPSA) is 55.9 Å². The number of hydrogen-bond acceptors (Lipinski definition) is 3. The molecule has 0 spiro atoms. The lowest BCUT2D eigenvalue weighted by Crippen LogP contribution is -2.38. The summed E-state index contributed by atoms with van der Waals surface area (Å²) in [4.78, 5) is 0. The number of aryl methyl sites for hydroxylation is 1. The Labute approximate surface area is 90.8 Å². The van der Waals surface area contributed by atoms with Crippen molar-refractivity contribution in [2.75, 3.05) is 0 Å². The van der Waals surface area contributed by atoms with Crippen LogP contribution in [0.1, 0.15) is 25.8 Å². The fourth-order valence-corrected chi connectivity index (χ4v) is 2.18. The minimum Gasteiger partial charge on any atom is -0.273 e. The van der Waals surface area contributed by atoms with Crippen molar-refractivity contribution in [3.8, 4) is 0 Å². The Kier molecular flexibility index (Phi) is 3.07. The van der Waals surface area contributed by atoms with Gasteiger partial charge in [-0.3, -0.25) is 16.0 Å². The molecule has 0 amide bonds. The van der Waals surface area contributed by atoms with Crippen LogP contribution in [0.25, 0.3) is 0 Å². The van der Waals surface area contributed by atoms with Crippen LogP contribution in [0.3, 0.4) is 0 Å². The number of nitrogens with two attached hydrogens (primary N) is 1. The summed E-state index contributed by atoms with van der Waals surface area (Å²) in [5.41, 5.74) is 4.21. The lowest BCUT2D eigenvalue weighted by Gasteiger charge is -2.13. The molecule has 3 N–H and O–H groups in total. The van der Waals surface area contributed by atoms with Gasteiger partial charge in [0, 0.05) is 18.8 Å². The number of aromatic nitrogens is 2. The normalized spacial score (nSPS) is 26.6. The molecule has 15 heavy (non-hydrogen) atoms. The maximum atomic E-state index is 5.59. The van der Waals surface area contributed by atoms with E-state index < -0.39 is 0 Å². The first-order valence-electron chi connectivity index (χ1n) is 5.72. The van der Waals surface area contributed by atoms with Crippen LogP contribution in [-0.2, 0) is 13.0 Å². The number of nitrogens with zero attached hydrogens (tertiary/aromatic N) is 2. The van der Waals surface area contributed by atoms with Crippen molar-refractivity contribution in [1.29, 1.82) is 0 Å². The molecule has 0 aliphatic heterocycles. The zero-order valence-corrected chi connectivity index (χ0v) is 9.48. The third-order valence-electron chi connectivity index (χ3n) is 3.37. The van der Waals surface area contributed by atoms with Crippen LogP contribution in [0.5, 0.6) is 0 Å². The van der Waals surface area contributed by atoms with E-state index >= 15 is 0 Å². The summed E-state index contributed by atoms with van der Waals surface area (Å²) in [5.74, 6) is 7.16. The number of rotatable bonds is 5. The number of hydrazine groups is 1. The molecule has 3 unspecified atom stereocenters. The van der Waals surface area contributed by atoms with Crippen molar-refractivity contribution in [3.05, 3.63) is 18.0 Å². The van der Waals surface area contributed by atoms with E-state index in [1.807, 2.05) is 10.9 Å². The summed E-state index contributed by atoms with van der Waals surface area (Å²) in [6, 6.07) is 0.412. The van der Waals surface area contributed by atoms with Gasteiger partial charge >= 0.3 is 0 Å². The largest absolute Gasteiger partial charge is 0.273 e. The maximum absolute atomic E-state index is 5.59. The lowest BCUT2D eigenvalue weighted by atomic mass is 10.0. The van der Waals surface area contributed by atoms with Crippen LogP contribution < -0.4 is 11.3 Å². The highest BCUT2D eigenvalue weighted by molar-refractivity contribution is 5.08. The molecule has 0 saturated heterocycles. The second kappa shape index (κ2) is 4.33. The first-order valence-corrected chi connectivity index (χ1v) is 5.72. The minimum atomic E-state index is 0.412. The quantitative estimate of drug-likeness (QED) is 0.559. The van der Waals surface area contributed by atoms with Crippen molar-refractivity contribution in [3.63, 3.8) is 0 Å². The summed E-state index contributed by atoms with van der Waals surface area (Å²) in [7, 11) is 0. The Hall–Kier alpha value is -0.870. The molecule has 1 aliphatic carbocycles. The van der Waals surface area contributed by atoms with E-state index in [2.05, 4.69) is 30.6 Å². The molecule has 84 valence electrons. The standard InChI is InChI=1S/C11H20N4/c1-3-15-7-9(6-13-15)5-11(14-12)10-4-8(10)2/h6-8,10-11,14H,3-5,12H2,1-2H3.